The van der Waals surface area contributed by atoms with E-state index in [4.69, 9.17) is 21.5 Å². The van der Waals surface area contributed by atoms with Gasteiger partial charge in [-0.2, -0.15) is 0 Å². The summed E-state index contributed by atoms with van der Waals surface area (Å²) in [5.41, 5.74) is 11.0. The minimum Gasteiger partial charge on any atom is -0.467 e. The van der Waals surface area contributed by atoms with Crippen LogP contribution in [0.3, 0.4) is 0 Å². The largest absolute Gasteiger partial charge is 0.467 e. The van der Waals surface area contributed by atoms with E-state index in [1.165, 1.54) is 5.56 Å². The van der Waals surface area contributed by atoms with Crippen LogP contribution in [-0.4, -0.2) is 29.5 Å². The molecule has 4 aromatic rings. The number of carbonyl (C=O) groups excluding carboxylic acids is 1. The Kier molecular flexibility index (Phi) is 8.45. The smallest absolute Gasteiger partial charge is 0.254 e. The first-order valence-electron chi connectivity index (χ1n) is 13.9. The first kappa shape index (κ1) is 27.4. The Morgan fingerprint density at radius 2 is 1.88 bits per heavy atom. The summed E-state index contributed by atoms with van der Waals surface area (Å²) in [6, 6.07) is 27.2. The number of amides is 1. The normalized spacial score (nSPS) is 16.4. The summed E-state index contributed by atoms with van der Waals surface area (Å²) < 4.78 is 11.9. The molecule has 0 bridgehead atoms. The Morgan fingerprint density at radius 3 is 2.62 bits per heavy atom. The van der Waals surface area contributed by atoms with Gasteiger partial charge in [0, 0.05) is 17.6 Å². The predicted molar refractivity (Wildman–Crippen MR) is 157 cm³/mol. The van der Waals surface area contributed by atoms with Crippen LogP contribution in [0.15, 0.2) is 95.6 Å². The maximum absolute atomic E-state index is 13.9. The van der Waals surface area contributed by atoms with E-state index >= 15 is 0 Å². The highest BCUT2D eigenvalue weighted by atomic mass is 16.5. The summed E-state index contributed by atoms with van der Waals surface area (Å²) in [6.45, 7) is 11.1. The molecule has 1 aliphatic rings. The van der Waals surface area contributed by atoms with Crippen LogP contribution in [0.25, 0.3) is 16.0 Å². The van der Waals surface area contributed by atoms with Gasteiger partial charge in [-0.25, -0.2) is 4.85 Å². The molecule has 0 saturated carbocycles. The van der Waals surface area contributed by atoms with Crippen molar-refractivity contribution >= 4 is 11.6 Å². The van der Waals surface area contributed by atoms with E-state index < -0.39 is 5.54 Å². The molecule has 2 heterocycles. The third-order valence-corrected chi connectivity index (χ3v) is 7.72. The van der Waals surface area contributed by atoms with Crippen molar-refractivity contribution in [1.29, 1.82) is 0 Å². The number of hydrogen-bond donors (Lipinski definition) is 1. The van der Waals surface area contributed by atoms with Gasteiger partial charge >= 0.3 is 0 Å². The Bertz CT molecular complexity index is 1480. The highest BCUT2D eigenvalue weighted by Gasteiger charge is 2.32. The van der Waals surface area contributed by atoms with Crippen molar-refractivity contribution in [3.05, 3.63) is 125 Å². The van der Waals surface area contributed by atoms with Crippen molar-refractivity contribution in [3.63, 3.8) is 0 Å². The molecule has 2 atom stereocenters. The lowest BCUT2D eigenvalue weighted by molar-refractivity contribution is 0.0699. The molecule has 6 heteroatoms. The summed E-state index contributed by atoms with van der Waals surface area (Å²) in [5.74, 6) is 0.759. The van der Waals surface area contributed by atoms with Gasteiger partial charge in [0.15, 0.2) is 5.69 Å². The van der Waals surface area contributed by atoms with Gasteiger partial charge in [-0.15, -0.1) is 0 Å². The van der Waals surface area contributed by atoms with Gasteiger partial charge in [0.2, 0.25) is 0 Å². The van der Waals surface area contributed by atoms with Gasteiger partial charge in [-0.3, -0.25) is 4.79 Å². The summed E-state index contributed by atoms with van der Waals surface area (Å²) in [5, 5.41) is 0. The van der Waals surface area contributed by atoms with E-state index in [2.05, 4.69) is 23.9 Å². The number of furan rings is 1. The lowest BCUT2D eigenvalue weighted by Gasteiger charge is -2.28. The zero-order chi connectivity index (χ0) is 28.0. The summed E-state index contributed by atoms with van der Waals surface area (Å²) in [4.78, 5) is 19.5. The van der Waals surface area contributed by atoms with Gasteiger partial charge < -0.3 is 19.8 Å². The third kappa shape index (κ3) is 6.17. The number of benzene rings is 3. The summed E-state index contributed by atoms with van der Waals surface area (Å²) in [6.07, 6.45) is 4.93. The molecule has 2 unspecified atom stereocenters. The Hall–Kier alpha value is -4.18. The van der Waals surface area contributed by atoms with Crippen LogP contribution in [0.5, 0.6) is 0 Å². The number of ether oxygens (including phenoxy) is 1. The Balaban J connectivity index is 1.41. The van der Waals surface area contributed by atoms with Gasteiger partial charge in [0.25, 0.3) is 5.91 Å². The number of nitrogens with zero attached hydrogens (tertiary/aromatic N) is 2. The third-order valence-electron chi connectivity index (χ3n) is 7.72. The molecule has 2 N–H and O–H groups in total. The SMILES string of the molecule is [C-]#[N+]c1ccccc1-c1cc(COCC(N)(CC)Cc2ccccc2)cc(C(=O)N2CCCC2c2ccco2)c1. The predicted octanol–water partition coefficient (Wildman–Crippen LogP) is 7.34. The van der Waals surface area contributed by atoms with E-state index in [9.17, 15) is 4.79 Å². The van der Waals surface area contributed by atoms with E-state index in [1.54, 1.807) is 12.3 Å². The fourth-order valence-corrected chi connectivity index (χ4v) is 5.47. The average molecular weight is 534 g/mol. The maximum Gasteiger partial charge on any atom is 0.254 e. The molecule has 1 aromatic heterocycles. The second-order valence-electron chi connectivity index (χ2n) is 10.6. The quantitative estimate of drug-likeness (QED) is 0.216. The highest BCUT2D eigenvalue weighted by Crippen LogP contribution is 2.36. The highest BCUT2D eigenvalue weighted by molar-refractivity contribution is 5.97. The van der Waals surface area contributed by atoms with Crippen molar-refractivity contribution in [3.8, 4) is 11.1 Å². The van der Waals surface area contributed by atoms with E-state index in [0.29, 0.717) is 31.0 Å². The fourth-order valence-electron chi connectivity index (χ4n) is 5.47. The van der Waals surface area contributed by atoms with Gasteiger partial charge in [0.05, 0.1) is 32.1 Å². The second kappa shape index (κ2) is 12.3. The van der Waals surface area contributed by atoms with Crippen molar-refractivity contribution < 1.29 is 13.9 Å². The molecule has 40 heavy (non-hydrogen) atoms. The first-order chi connectivity index (χ1) is 19.5. The lowest BCUT2D eigenvalue weighted by Crippen LogP contribution is -2.46. The van der Waals surface area contributed by atoms with Crippen LogP contribution < -0.4 is 5.73 Å². The molecule has 1 fully saturated rings. The number of carbonyl (C=O) groups is 1. The molecule has 204 valence electrons. The summed E-state index contributed by atoms with van der Waals surface area (Å²) in [7, 11) is 0. The van der Waals surface area contributed by atoms with Crippen LogP contribution >= 0.6 is 0 Å². The Labute approximate surface area is 236 Å². The summed E-state index contributed by atoms with van der Waals surface area (Å²) >= 11 is 0. The number of nitrogens with two attached hydrogens (primary N) is 1. The molecule has 1 saturated heterocycles. The lowest BCUT2D eigenvalue weighted by atomic mass is 9.90. The Morgan fingerprint density at radius 1 is 1.07 bits per heavy atom. The zero-order valence-electron chi connectivity index (χ0n) is 22.9. The van der Waals surface area contributed by atoms with E-state index in [0.717, 1.165) is 48.1 Å². The van der Waals surface area contributed by atoms with Crippen molar-refractivity contribution in [2.45, 2.75) is 50.8 Å². The molecule has 6 nitrogen and oxygen atoms in total. The standard InChI is InChI=1S/C34H35N3O3/c1-3-34(35,22-25-11-5-4-6-12-25)24-39-23-26-19-27(29-13-7-8-14-30(29)36-2)21-28(20-26)33(38)37-17-9-15-31(37)32-16-10-18-40-32/h4-8,10-14,16,18-21,31H,3,9,15,17,22-24,35H2,1H3. The second-order valence-corrected chi connectivity index (χ2v) is 10.6. The molecule has 1 aliphatic heterocycles. The van der Waals surface area contributed by atoms with E-state index in [-0.39, 0.29) is 11.9 Å². The maximum atomic E-state index is 13.9. The number of likely N-dealkylation sites (tertiary alicyclic amines) is 1. The van der Waals surface area contributed by atoms with Crippen molar-refractivity contribution in [2.24, 2.45) is 5.73 Å². The van der Waals surface area contributed by atoms with Crippen molar-refractivity contribution in [2.75, 3.05) is 13.2 Å². The monoisotopic (exact) mass is 533 g/mol. The minimum atomic E-state index is -0.500. The number of rotatable bonds is 10. The minimum absolute atomic E-state index is 0.0481. The molecule has 5 rings (SSSR count). The van der Waals surface area contributed by atoms with Crippen LogP contribution in [0.4, 0.5) is 5.69 Å². The van der Waals surface area contributed by atoms with Crippen LogP contribution in [0.2, 0.25) is 0 Å². The number of hydrogen-bond acceptors (Lipinski definition) is 4. The van der Waals surface area contributed by atoms with E-state index in [1.807, 2.05) is 71.6 Å². The van der Waals surface area contributed by atoms with Crippen LogP contribution in [0.1, 0.15) is 59.5 Å². The van der Waals surface area contributed by atoms with Crippen LogP contribution in [-0.2, 0) is 17.8 Å². The molecular weight excluding hydrogens is 498 g/mol. The average Bonchev–Trinajstić information content (AvgIpc) is 3.70. The molecule has 3 aromatic carbocycles. The zero-order valence-corrected chi connectivity index (χ0v) is 22.9. The molecule has 0 aliphatic carbocycles. The molecule has 1 amide bonds. The van der Waals surface area contributed by atoms with Gasteiger partial charge in [-0.1, -0.05) is 67.6 Å². The van der Waals surface area contributed by atoms with Gasteiger partial charge in [0.1, 0.15) is 5.76 Å². The topological polar surface area (TPSA) is 73.1 Å². The molecule has 0 radical (unpaired) electrons. The van der Waals surface area contributed by atoms with Gasteiger partial charge in [-0.05, 0) is 72.2 Å². The molecular formula is C34H35N3O3. The molecule has 0 spiro atoms. The first-order valence-corrected chi connectivity index (χ1v) is 13.9. The van der Waals surface area contributed by atoms with Crippen molar-refractivity contribution in [1.82, 2.24) is 4.90 Å². The fraction of sp³-hybridized carbons (Fsp3) is 0.294. The number of para-hydroxylation sites is 1. The van der Waals surface area contributed by atoms with Crippen LogP contribution in [0, 0.1) is 6.57 Å².